The first-order chi connectivity index (χ1) is 17.0. The number of urea groups is 1. The van der Waals surface area contributed by atoms with Gasteiger partial charge in [0.05, 0.1) is 33.0 Å². The van der Waals surface area contributed by atoms with Crippen molar-refractivity contribution >= 4 is 22.6 Å². The van der Waals surface area contributed by atoms with Crippen LogP contribution in [-0.4, -0.2) is 69.5 Å². The van der Waals surface area contributed by atoms with Gasteiger partial charge in [0.1, 0.15) is 11.5 Å². The van der Waals surface area contributed by atoms with Crippen molar-refractivity contribution in [2.75, 3.05) is 58.9 Å². The molecule has 2 heterocycles. The minimum absolute atomic E-state index is 0.226. The van der Waals surface area contributed by atoms with Gasteiger partial charge >= 0.3 is 6.03 Å². The van der Waals surface area contributed by atoms with E-state index in [0.29, 0.717) is 29.5 Å². The fraction of sp³-hybridized carbons (Fsp3) is 0.385. The van der Waals surface area contributed by atoms with Crippen molar-refractivity contribution in [2.45, 2.75) is 13.8 Å². The van der Waals surface area contributed by atoms with Crippen molar-refractivity contribution < 1.29 is 23.7 Å². The Balaban J connectivity index is 1.45. The van der Waals surface area contributed by atoms with Gasteiger partial charge in [0.2, 0.25) is 0 Å². The number of fused-ring (bicyclic) bond motifs is 1. The molecule has 0 aliphatic carbocycles. The molecule has 4 rings (SSSR count). The Bertz CT molecular complexity index is 1190. The number of aromatic nitrogens is 1. The summed E-state index contributed by atoms with van der Waals surface area (Å²) in [6.07, 6.45) is 1.70. The number of anilines is 1. The second kappa shape index (κ2) is 11.2. The van der Waals surface area contributed by atoms with E-state index >= 15 is 0 Å². The van der Waals surface area contributed by atoms with E-state index in [1.54, 1.807) is 20.4 Å². The number of hydrogen-bond donors (Lipinski definition) is 2. The van der Waals surface area contributed by atoms with Crippen molar-refractivity contribution in [2.24, 2.45) is 0 Å². The number of nitrogens with zero attached hydrogens (tertiary/aromatic N) is 2. The summed E-state index contributed by atoms with van der Waals surface area (Å²) in [6.45, 7) is 8.61. The van der Waals surface area contributed by atoms with Crippen LogP contribution in [-0.2, 0) is 4.74 Å². The molecule has 2 N–H and O–H groups in total. The Kier molecular flexibility index (Phi) is 7.89. The molecule has 2 aromatic carbocycles. The molecule has 0 spiro atoms. The number of morpholine rings is 1. The molecule has 1 aliphatic rings. The lowest BCUT2D eigenvalue weighted by molar-refractivity contribution is 0.0388. The molecule has 186 valence electrons. The predicted octanol–water partition coefficient (Wildman–Crippen LogP) is 4.11. The number of amides is 2. The summed E-state index contributed by atoms with van der Waals surface area (Å²) in [5, 5.41) is 6.68. The summed E-state index contributed by atoms with van der Waals surface area (Å²) in [5.41, 5.74) is 3.34. The van der Waals surface area contributed by atoms with Crippen molar-refractivity contribution in [3.05, 3.63) is 47.7 Å². The highest BCUT2D eigenvalue weighted by atomic mass is 16.5. The van der Waals surface area contributed by atoms with E-state index in [1.807, 2.05) is 44.2 Å². The molecular weight excluding hydrogens is 448 g/mol. The zero-order chi connectivity index (χ0) is 24.8. The number of benzene rings is 2. The van der Waals surface area contributed by atoms with Crippen LogP contribution in [0.1, 0.15) is 11.1 Å². The maximum atomic E-state index is 12.4. The SMILES string of the molecule is COc1cc2nccc(Oc3ccc(NC(=O)NCCN4CCOCC4)c(C)c3C)c2cc1OC. The predicted molar refractivity (Wildman–Crippen MR) is 135 cm³/mol. The van der Waals surface area contributed by atoms with Crippen LogP contribution in [0, 0.1) is 13.8 Å². The van der Waals surface area contributed by atoms with Gasteiger partial charge in [0.25, 0.3) is 0 Å². The monoisotopic (exact) mass is 480 g/mol. The largest absolute Gasteiger partial charge is 0.493 e. The Labute approximate surface area is 205 Å². The Morgan fingerprint density at radius 2 is 1.74 bits per heavy atom. The van der Waals surface area contributed by atoms with E-state index < -0.39 is 0 Å². The van der Waals surface area contributed by atoms with Gasteiger partial charge in [-0.25, -0.2) is 4.79 Å². The fourth-order valence-electron chi connectivity index (χ4n) is 4.02. The Morgan fingerprint density at radius 1 is 1.00 bits per heavy atom. The summed E-state index contributed by atoms with van der Waals surface area (Å²) in [5.74, 6) is 2.56. The van der Waals surface area contributed by atoms with Crippen LogP contribution in [0.3, 0.4) is 0 Å². The molecule has 3 aromatic rings. The van der Waals surface area contributed by atoms with Gasteiger partial charge in [0.15, 0.2) is 11.5 Å². The molecule has 2 amide bonds. The van der Waals surface area contributed by atoms with Crippen molar-refractivity contribution in [3.8, 4) is 23.0 Å². The first-order valence-corrected chi connectivity index (χ1v) is 11.6. The van der Waals surface area contributed by atoms with E-state index in [-0.39, 0.29) is 6.03 Å². The fourth-order valence-corrected chi connectivity index (χ4v) is 4.02. The Hall–Kier alpha value is -3.56. The van der Waals surface area contributed by atoms with E-state index in [9.17, 15) is 4.79 Å². The quantitative estimate of drug-likeness (QED) is 0.501. The van der Waals surface area contributed by atoms with Gasteiger partial charge < -0.3 is 29.6 Å². The summed E-state index contributed by atoms with van der Waals surface area (Å²) < 4.78 is 22.5. The minimum Gasteiger partial charge on any atom is -0.493 e. The number of carbonyl (C=O) groups excluding carboxylic acids is 1. The molecule has 1 aromatic heterocycles. The van der Waals surface area contributed by atoms with Gasteiger partial charge in [-0.1, -0.05) is 0 Å². The van der Waals surface area contributed by atoms with E-state index in [1.165, 1.54) is 0 Å². The number of hydrogen-bond acceptors (Lipinski definition) is 7. The second-order valence-electron chi connectivity index (χ2n) is 8.33. The molecule has 9 heteroatoms. The normalized spacial score (nSPS) is 13.9. The lowest BCUT2D eigenvalue weighted by Crippen LogP contribution is -2.42. The standard InChI is InChI=1S/C26H32N4O5/c1-17-18(2)22(6-5-20(17)29-26(31)28-9-10-30-11-13-34-14-12-30)35-23-7-8-27-21-16-25(33-4)24(32-3)15-19(21)23/h5-8,15-16H,9-14H2,1-4H3,(H2,28,29,31). The Morgan fingerprint density at radius 3 is 2.49 bits per heavy atom. The lowest BCUT2D eigenvalue weighted by atomic mass is 10.1. The zero-order valence-corrected chi connectivity index (χ0v) is 20.6. The van der Waals surface area contributed by atoms with Crippen LogP contribution < -0.4 is 24.8 Å². The molecule has 1 aliphatic heterocycles. The van der Waals surface area contributed by atoms with E-state index in [4.69, 9.17) is 18.9 Å². The lowest BCUT2D eigenvalue weighted by Gasteiger charge is -2.26. The average molecular weight is 481 g/mol. The molecule has 1 saturated heterocycles. The molecule has 0 bridgehead atoms. The average Bonchev–Trinajstić information content (AvgIpc) is 2.88. The van der Waals surface area contributed by atoms with Gasteiger partial charge in [-0.05, 0) is 49.2 Å². The first kappa shape index (κ1) is 24.6. The minimum atomic E-state index is -0.226. The number of ether oxygens (including phenoxy) is 4. The third kappa shape index (κ3) is 5.75. The molecule has 35 heavy (non-hydrogen) atoms. The van der Waals surface area contributed by atoms with Gasteiger partial charge in [-0.3, -0.25) is 9.88 Å². The van der Waals surface area contributed by atoms with Crippen LogP contribution in [0.5, 0.6) is 23.0 Å². The van der Waals surface area contributed by atoms with Crippen LogP contribution in [0.2, 0.25) is 0 Å². The topological polar surface area (TPSA) is 94.2 Å². The highest BCUT2D eigenvalue weighted by molar-refractivity contribution is 5.91. The van der Waals surface area contributed by atoms with Crippen LogP contribution in [0.4, 0.5) is 10.5 Å². The third-order valence-electron chi connectivity index (χ3n) is 6.23. The van der Waals surface area contributed by atoms with Crippen molar-refractivity contribution in [1.82, 2.24) is 15.2 Å². The highest BCUT2D eigenvalue weighted by Gasteiger charge is 2.15. The van der Waals surface area contributed by atoms with Crippen LogP contribution >= 0.6 is 0 Å². The van der Waals surface area contributed by atoms with Crippen molar-refractivity contribution in [3.63, 3.8) is 0 Å². The molecule has 0 unspecified atom stereocenters. The third-order valence-corrected chi connectivity index (χ3v) is 6.23. The number of nitrogens with one attached hydrogen (secondary N) is 2. The molecular formula is C26H32N4O5. The van der Waals surface area contributed by atoms with Crippen LogP contribution in [0.15, 0.2) is 36.5 Å². The van der Waals surface area contributed by atoms with Gasteiger partial charge in [-0.2, -0.15) is 0 Å². The first-order valence-electron chi connectivity index (χ1n) is 11.6. The number of pyridine rings is 1. The van der Waals surface area contributed by atoms with E-state index in [2.05, 4.69) is 20.5 Å². The second-order valence-corrected chi connectivity index (χ2v) is 8.33. The smallest absolute Gasteiger partial charge is 0.319 e. The maximum absolute atomic E-state index is 12.4. The zero-order valence-electron chi connectivity index (χ0n) is 20.6. The summed E-state index contributed by atoms with van der Waals surface area (Å²) >= 11 is 0. The molecule has 0 saturated carbocycles. The molecule has 9 nitrogen and oxygen atoms in total. The maximum Gasteiger partial charge on any atom is 0.319 e. The highest BCUT2D eigenvalue weighted by Crippen LogP contribution is 2.38. The molecule has 1 fully saturated rings. The van der Waals surface area contributed by atoms with Crippen LogP contribution in [0.25, 0.3) is 10.9 Å². The summed E-state index contributed by atoms with van der Waals surface area (Å²) in [6, 6.07) is 8.98. The summed E-state index contributed by atoms with van der Waals surface area (Å²) in [4.78, 5) is 19.1. The van der Waals surface area contributed by atoms with Crippen molar-refractivity contribution in [1.29, 1.82) is 0 Å². The van der Waals surface area contributed by atoms with E-state index in [0.717, 1.165) is 60.6 Å². The van der Waals surface area contributed by atoms with Gasteiger partial charge in [0, 0.05) is 49.5 Å². The molecule has 0 atom stereocenters. The number of carbonyl (C=O) groups is 1. The molecule has 0 radical (unpaired) electrons. The van der Waals surface area contributed by atoms with Gasteiger partial charge in [-0.15, -0.1) is 0 Å². The number of rotatable bonds is 8. The summed E-state index contributed by atoms with van der Waals surface area (Å²) in [7, 11) is 3.19. The number of methoxy groups -OCH3 is 2.